The van der Waals surface area contributed by atoms with Crippen LogP contribution < -0.4 is 0 Å². The summed E-state index contributed by atoms with van der Waals surface area (Å²) in [6, 6.07) is 0. The fourth-order valence-electron chi connectivity index (χ4n) is 0.426. The van der Waals surface area contributed by atoms with Crippen LogP contribution >= 0.6 is 0 Å². The smallest absolute Gasteiger partial charge is 0.300 e. The first-order chi connectivity index (χ1) is 8.33. The molecule has 0 unspecified atom stereocenters. The van der Waals surface area contributed by atoms with Crippen LogP contribution in [0.15, 0.2) is 0 Å². The van der Waals surface area contributed by atoms with Crippen LogP contribution in [0.1, 0.15) is 87.0 Å². The Labute approximate surface area is 114 Å². The van der Waals surface area contributed by atoms with Crippen molar-refractivity contribution >= 4 is 11.8 Å². The van der Waals surface area contributed by atoms with Gasteiger partial charge in [0.05, 0.1) is 0 Å². The van der Waals surface area contributed by atoms with Crippen LogP contribution in [0.2, 0.25) is 0 Å². The minimum atomic E-state index is -0.833. The van der Waals surface area contributed by atoms with Crippen LogP contribution in [-0.4, -0.2) is 16.9 Å². The van der Waals surface area contributed by atoms with Crippen molar-refractivity contribution in [3.63, 3.8) is 0 Å². The number of aliphatic carboxylic acids is 1. The number of hydrogen-bond donors (Lipinski definition) is 1. The molecule has 0 aromatic rings. The number of rotatable bonds is 4. The van der Waals surface area contributed by atoms with E-state index < -0.39 is 5.97 Å². The van der Waals surface area contributed by atoms with Crippen LogP contribution in [-0.2, 0) is 9.59 Å². The highest BCUT2D eigenvalue weighted by Crippen LogP contribution is 1.92. The molecule has 0 aromatic heterocycles. The lowest BCUT2D eigenvalue weighted by atomic mass is 10.2. The maximum absolute atomic E-state index is 10.2. The molecular weight excluding hydrogens is 228 g/mol. The van der Waals surface area contributed by atoms with Crippen molar-refractivity contribution in [2.45, 2.75) is 87.0 Å². The maximum atomic E-state index is 10.2. The Kier molecular flexibility index (Phi) is 42.8. The summed E-state index contributed by atoms with van der Waals surface area (Å²) in [4.78, 5) is 19.2. The zero-order valence-corrected chi connectivity index (χ0v) is 13.5. The topological polar surface area (TPSA) is 54.4 Å². The summed E-state index contributed by atoms with van der Waals surface area (Å²) in [5.74, 6) is -0.526. The van der Waals surface area contributed by atoms with E-state index in [4.69, 9.17) is 9.90 Å². The highest BCUT2D eigenvalue weighted by Gasteiger charge is 1.87. The zero-order chi connectivity index (χ0) is 15.4. The molecule has 0 fully saturated rings. The molecule has 3 heteroatoms. The molecule has 1 N–H and O–H groups in total. The van der Waals surface area contributed by atoms with E-state index in [1.165, 1.54) is 19.3 Å². The Morgan fingerprint density at radius 3 is 1.17 bits per heavy atom. The average Bonchev–Trinajstić information content (AvgIpc) is 2.27. The standard InChI is InChI=1S/C6H12O.C4H10.C3H8.C2H4O2/c1-3-4-5-6(2)7;1-3-4-2;1-3-2;1-2(3)4/h3-5H2,1-2H3;3-4H2,1-2H3;3H2,1-2H3;1H3,(H,3,4). The molecule has 3 nitrogen and oxygen atoms in total. The predicted octanol–water partition coefficient (Wildman–Crippen LogP) is 5.08. The van der Waals surface area contributed by atoms with Gasteiger partial charge in [-0.25, -0.2) is 0 Å². The first-order valence-electron chi connectivity index (χ1n) is 7.02. The van der Waals surface area contributed by atoms with Gasteiger partial charge in [0.1, 0.15) is 5.78 Å². The highest BCUT2D eigenvalue weighted by molar-refractivity contribution is 5.75. The maximum Gasteiger partial charge on any atom is 0.300 e. The average molecular weight is 262 g/mol. The van der Waals surface area contributed by atoms with Gasteiger partial charge in [-0.3, -0.25) is 4.79 Å². The van der Waals surface area contributed by atoms with E-state index in [0.29, 0.717) is 5.78 Å². The van der Waals surface area contributed by atoms with Crippen LogP contribution in [0.5, 0.6) is 0 Å². The van der Waals surface area contributed by atoms with E-state index in [9.17, 15) is 4.79 Å². The summed E-state index contributed by atoms with van der Waals surface area (Å²) in [6.07, 6.45) is 6.82. The summed E-state index contributed by atoms with van der Waals surface area (Å²) in [6.45, 7) is 13.4. The van der Waals surface area contributed by atoms with Crippen molar-refractivity contribution in [3.05, 3.63) is 0 Å². The summed E-state index contributed by atoms with van der Waals surface area (Å²) >= 11 is 0. The lowest BCUT2D eigenvalue weighted by Gasteiger charge is -1.86. The highest BCUT2D eigenvalue weighted by atomic mass is 16.4. The Hall–Kier alpha value is -0.860. The molecule has 0 bridgehead atoms. The molecule has 0 spiro atoms. The third kappa shape index (κ3) is 177. The Morgan fingerprint density at radius 1 is 0.833 bits per heavy atom. The molecular formula is C15H34O3. The van der Waals surface area contributed by atoms with Gasteiger partial charge in [0, 0.05) is 13.3 Å². The second kappa shape index (κ2) is 29.8. The molecule has 0 saturated carbocycles. The number of hydrogen-bond acceptors (Lipinski definition) is 2. The van der Waals surface area contributed by atoms with Crippen LogP contribution in [0.3, 0.4) is 0 Å². The summed E-state index contributed by atoms with van der Waals surface area (Å²) in [5.41, 5.74) is 0. The van der Waals surface area contributed by atoms with E-state index in [1.54, 1.807) is 6.92 Å². The van der Waals surface area contributed by atoms with Gasteiger partial charge in [0.25, 0.3) is 5.97 Å². The number of unbranched alkanes of at least 4 members (excludes halogenated alkanes) is 2. The van der Waals surface area contributed by atoms with Gasteiger partial charge in [-0.15, -0.1) is 0 Å². The largest absolute Gasteiger partial charge is 0.481 e. The van der Waals surface area contributed by atoms with Crippen molar-refractivity contribution < 1.29 is 14.7 Å². The van der Waals surface area contributed by atoms with Gasteiger partial charge in [0.15, 0.2) is 0 Å². The van der Waals surface area contributed by atoms with Gasteiger partial charge in [-0.05, 0) is 13.3 Å². The number of carboxylic acid groups (broad SMARTS) is 1. The lowest BCUT2D eigenvalue weighted by molar-refractivity contribution is -0.134. The van der Waals surface area contributed by atoms with Gasteiger partial charge in [0.2, 0.25) is 0 Å². The zero-order valence-electron chi connectivity index (χ0n) is 13.5. The normalized spacial score (nSPS) is 7.50. The predicted molar refractivity (Wildman–Crippen MR) is 80.1 cm³/mol. The number of Topliss-reactive ketones (excluding diaryl/α,β-unsaturated/α-hetero) is 1. The van der Waals surface area contributed by atoms with Gasteiger partial charge in [-0.2, -0.15) is 0 Å². The van der Waals surface area contributed by atoms with E-state index in [-0.39, 0.29) is 0 Å². The number of carbonyl (C=O) groups is 2. The molecule has 0 amide bonds. The summed E-state index contributed by atoms with van der Waals surface area (Å²) < 4.78 is 0. The molecule has 0 aromatic carbocycles. The first-order valence-corrected chi connectivity index (χ1v) is 7.02. The molecule has 18 heavy (non-hydrogen) atoms. The van der Waals surface area contributed by atoms with Crippen LogP contribution in [0.25, 0.3) is 0 Å². The van der Waals surface area contributed by atoms with Crippen molar-refractivity contribution in [1.82, 2.24) is 0 Å². The van der Waals surface area contributed by atoms with Crippen LogP contribution in [0, 0.1) is 0 Å². The third-order valence-corrected chi connectivity index (χ3v) is 1.38. The Bertz CT molecular complexity index is 148. The number of carbonyl (C=O) groups excluding carboxylic acids is 1. The van der Waals surface area contributed by atoms with E-state index in [2.05, 4.69) is 34.6 Å². The van der Waals surface area contributed by atoms with Crippen molar-refractivity contribution in [2.24, 2.45) is 0 Å². The van der Waals surface area contributed by atoms with Gasteiger partial charge >= 0.3 is 0 Å². The minimum absolute atomic E-state index is 0.307. The fourth-order valence-corrected chi connectivity index (χ4v) is 0.426. The third-order valence-electron chi connectivity index (χ3n) is 1.38. The second-order valence-electron chi connectivity index (χ2n) is 4.03. The van der Waals surface area contributed by atoms with Crippen molar-refractivity contribution in [1.29, 1.82) is 0 Å². The summed E-state index contributed by atoms with van der Waals surface area (Å²) in [7, 11) is 0. The van der Waals surface area contributed by atoms with Crippen LogP contribution in [0.4, 0.5) is 0 Å². The second-order valence-corrected chi connectivity index (χ2v) is 4.03. The van der Waals surface area contributed by atoms with E-state index in [0.717, 1.165) is 26.2 Å². The SMILES string of the molecule is CC(=O)O.CCC.CCCC.CCCCC(C)=O. The Balaban J connectivity index is -0.0000000775. The molecule has 0 saturated heterocycles. The molecule has 0 aliphatic rings. The number of ketones is 1. The molecule has 0 atom stereocenters. The van der Waals surface area contributed by atoms with Gasteiger partial charge in [-0.1, -0.05) is 60.3 Å². The molecule has 0 aliphatic carbocycles. The number of carboxylic acids is 1. The lowest BCUT2D eigenvalue weighted by Crippen LogP contribution is -1.86. The molecule has 112 valence electrons. The van der Waals surface area contributed by atoms with Gasteiger partial charge < -0.3 is 9.90 Å². The molecule has 0 radical (unpaired) electrons. The quantitative estimate of drug-likeness (QED) is 0.768. The summed E-state index contributed by atoms with van der Waals surface area (Å²) in [5, 5.41) is 7.42. The molecule has 0 rings (SSSR count). The van der Waals surface area contributed by atoms with E-state index in [1.807, 2.05) is 0 Å². The first kappa shape index (κ1) is 25.9. The Morgan fingerprint density at radius 2 is 1.11 bits per heavy atom. The molecule has 0 heterocycles. The fraction of sp³-hybridized carbons (Fsp3) is 0.867. The monoisotopic (exact) mass is 262 g/mol. The van der Waals surface area contributed by atoms with E-state index >= 15 is 0 Å². The van der Waals surface area contributed by atoms with Crippen molar-refractivity contribution in [3.8, 4) is 0 Å². The van der Waals surface area contributed by atoms with Crippen molar-refractivity contribution in [2.75, 3.05) is 0 Å². The molecule has 0 aliphatic heterocycles. The minimum Gasteiger partial charge on any atom is -0.481 e.